The van der Waals surface area contributed by atoms with E-state index in [1.807, 2.05) is 6.07 Å². The number of para-hydroxylation sites is 1. The fourth-order valence-corrected chi connectivity index (χ4v) is 3.71. The van der Waals surface area contributed by atoms with Crippen LogP contribution in [0.5, 0.6) is 0 Å². The first-order valence-electron chi connectivity index (χ1n) is 7.06. The maximum Gasteiger partial charge on any atom is 0.284 e. The van der Waals surface area contributed by atoms with Crippen LogP contribution in [0.2, 0.25) is 0 Å². The molecule has 1 aliphatic heterocycles. The molecule has 0 spiro atoms. The second-order valence-electron chi connectivity index (χ2n) is 5.33. The highest BCUT2D eigenvalue weighted by Gasteiger charge is 2.30. The molecule has 6 nitrogen and oxygen atoms in total. The number of nitro groups is 1. The van der Waals surface area contributed by atoms with E-state index in [-0.39, 0.29) is 23.3 Å². The van der Waals surface area contributed by atoms with Crippen LogP contribution >= 0.6 is 11.9 Å². The summed E-state index contributed by atoms with van der Waals surface area (Å²) in [5.74, 6) is 0. The molecule has 1 aromatic rings. The number of nitrogens with zero attached hydrogens (tertiary/aromatic N) is 3. The molecule has 1 fully saturated rings. The van der Waals surface area contributed by atoms with Crippen LogP contribution in [0, 0.1) is 10.1 Å². The zero-order chi connectivity index (χ0) is 15.4. The van der Waals surface area contributed by atoms with Crippen LogP contribution in [-0.4, -0.2) is 57.6 Å². The molecule has 1 N–H and O–H groups in total. The summed E-state index contributed by atoms with van der Waals surface area (Å²) in [7, 11) is 0. The minimum Gasteiger partial charge on any atom is -0.395 e. The third kappa shape index (κ3) is 3.94. The van der Waals surface area contributed by atoms with Crippen molar-refractivity contribution in [3.8, 4) is 0 Å². The molecular formula is C14H21N3O3S. The van der Waals surface area contributed by atoms with E-state index in [9.17, 15) is 10.1 Å². The molecule has 0 saturated carbocycles. The van der Waals surface area contributed by atoms with Crippen LogP contribution in [0.15, 0.2) is 29.2 Å². The largest absolute Gasteiger partial charge is 0.395 e. The Morgan fingerprint density at radius 3 is 2.71 bits per heavy atom. The summed E-state index contributed by atoms with van der Waals surface area (Å²) >= 11 is 1.45. The average molecular weight is 311 g/mol. The van der Waals surface area contributed by atoms with Gasteiger partial charge in [-0.25, -0.2) is 4.31 Å². The van der Waals surface area contributed by atoms with Crippen molar-refractivity contribution in [3.05, 3.63) is 34.4 Å². The first kappa shape index (κ1) is 16.2. The zero-order valence-electron chi connectivity index (χ0n) is 12.3. The van der Waals surface area contributed by atoms with Crippen molar-refractivity contribution in [2.75, 3.05) is 26.2 Å². The molecule has 0 aliphatic carbocycles. The van der Waals surface area contributed by atoms with E-state index in [0.717, 1.165) is 13.1 Å². The van der Waals surface area contributed by atoms with Crippen molar-refractivity contribution < 1.29 is 10.0 Å². The van der Waals surface area contributed by atoms with Gasteiger partial charge in [0.1, 0.15) is 4.90 Å². The van der Waals surface area contributed by atoms with Gasteiger partial charge in [0.15, 0.2) is 0 Å². The molecule has 0 radical (unpaired) electrons. The summed E-state index contributed by atoms with van der Waals surface area (Å²) < 4.78 is 2.20. The van der Waals surface area contributed by atoms with Gasteiger partial charge in [0, 0.05) is 37.8 Å². The van der Waals surface area contributed by atoms with Crippen molar-refractivity contribution >= 4 is 17.6 Å². The molecule has 2 rings (SSSR count). The molecular weight excluding hydrogens is 290 g/mol. The van der Waals surface area contributed by atoms with Gasteiger partial charge in [-0.2, -0.15) is 0 Å². The van der Waals surface area contributed by atoms with Gasteiger partial charge < -0.3 is 5.11 Å². The summed E-state index contributed by atoms with van der Waals surface area (Å²) in [6.45, 7) is 6.74. The Balaban J connectivity index is 2.09. The fraction of sp³-hybridized carbons (Fsp3) is 0.571. The number of benzene rings is 1. The standard InChI is InChI=1S/C14H21N3O3S/c1-11-10-16(12(2)9-15(11)7-8-18)21-14-6-4-3-5-13(14)17(19)20/h3-6,11-12,18H,7-10H2,1-2H3. The second-order valence-corrected chi connectivity index (χ2v) is 6.42. The molecule has 1 aromatic carbocycles. The normalized spacial score (nSPS) is 24.1. The monoisotopic (exact) mass is 311 g/mol. The van der Waals surface area contributed by atoms with E-state index in [2.05, 4.69) is 23.1 Å². The number of hydrogen-bond donors (Lipinski definition) is 1. The molecule has 0 amide bonds. The number of β-amino-alcohol motifs (C(OH)–C–C–N with tert-alkyl or cyclic N) is 1. The molecule has 2 unspecified atom stereocenters. The molecule has 1 aliphatic rings. The van der Waals surface area contributed by atoms with Crippen LogP contribution in [0.3, 0.4) is 0 Å². The van der Waals surface area contributed by atoms with E-state index in [4.69, 9.17) is 5.11 Å². The second kappa shape index (κ2) is 7.22. The van der Waals surface area contributed by atoms with Crippen molar-refractivity contribution in [2.24, 2.45) is 0 Å². The van der Waals surface area contributed by atoms with Crippen molar-refractivity contribution in [1.82, 2.24) is 9.21 Å². The topological polar surface area (TPSA) is 69.8 Å². The Kier molecular flexibility index (Phi) is 5.58. The van der Waals surface area contributed by atoms with Gasteiger partial charge in [-0.1, -0.05) is 12.1 Å². The minimum atomic E-state index is -0.335. The Labute approximate surface area is 129 Å². The Morgan fingerprint density at radius 2 is 2.05 bits per heavy atom. The van der Waals surface area contributed by atoms with E-state index in [1.54, 1.807) is 18.2 Å². The summed E-state index contributed by atoms with van der Waals surface area (Å²) in [6, 6.07) is 7.44. The molecule has 1 saturated heterocycles. The van der Waals surface area contributed by atoms with Crippen LogP contribution in [-0.2, 0) is 0 Å². The van der Waals surface area contributed by atoms with Crippen LogP contribution in [0.4, 0.5) is 5.69 Å². The Morgan fingerprint density at radius 1 is 1.33 bits per heavy atom. The maximum atomic E-state index is 11.1. The average Bonchev–Trinajstić information content (AvgIpc) is 2.45. The SMILES string of the molecule is CC1CN(Sc2ccccc2[N+](=O)[O-])C(C)CN1CCO. The summed E-state index contributed by atoms with van der Waals surface area (Å²) in [6.07, 6.45) is 0. The Hall–Kier alpha value is -1.15. The molecule has 116 valence electrons. The minimum absolute atomic E-state index is 0.153. The number of aliphatic hydroxyl groups excluding tert-OH is 1. The van der Waals surface area contributed by atoms with Gasteiger partial charge in [-0.3, -0.25) is 15.0 Å². The van der Waals surface area contributed by atoms with Gasteiger partial charge in [-0.15, -0.1) is 0 Å². The predicted molar refractivity (Wildman–Crippen MR) is 83.2 cm³/mol. The number of nitro benzene ring substituents is 1. The lowest BCUT2D eigenvalue weighted by atomic mass is 10.1. The third-order valence-corrected chi connectivity index (χ3v) is 5.01. The summed E-state index contributed by atoms with van der Waals surface area (Å²) in [4.78, 5) is 13.7. The van der Waals surface area contributed by atoms with Crippen molar-refractivity contribution in [2.45, 2.75) is 30.8 Å². The lowest BCUT2D eigenvalue weighted by Gasteiger charge is -2.43. The van der Waals surface area contributed by atoms with Gasteiger partial charge >= 0.3 is 0 Å². The third-order valence-electron chi connectivity index (χ3n) is 3.72. The van der Waals surface area contributed by atoms with Crippen molar-refractivity contribution in [1.29, 1.82) is 0 Å². The number of aliphatic hydroxyl groups is 1. The van der Waals surface area contributed by atoms with Crippen LogP contribution in [0.25, 0.3) is 0 Å². The summed E-state index contributed by atoms with van der Waals surface area (Å²) in [5, 5.41) is 20.2. The van der Waals surface area contributed by atoms with E-state index in [0.29, 0.717) is 17.5 Å². The van der Waals surface area contributed by atoms with Crippen LogP contribution < -0.4 is 0 Å². The number of piperazine rings is 1. The molecule has 1 heterocycles. The van der Waals surface area contributed by atoms with Gasteiger partial charge in [0.05, 0.1) is 11.5 Å². The van der Waals surface area contributed by atoms with Crippen molar-refractivity contribution in [3.63, 3.8) is 0 Å². The highest BCUT2D eigenvalue weighted by atomic mass is 32.2. The van der Waals surface area contributed by atoms with Gasteiger partial charge in [0.2, 0.25) is 0 Å². The molecule has 21 heavy (non-hydrogen) atoms. The molecule has 0 bridgehead atoms. The first-order valence-corrected chi connectivity index (χ1v) is 7.83. The van der Waals surface area contributed by atoms with Crippen LogP contribution in [0.1, 0.15) is 13.8 Å². The van der Waals surface area contributed by atoms with E-state index >= 15 is 0 Å². The number of hydrogen-bond acceptors (Lipinski definition) is 6. The smallest absolute Gasteiger partial charge is 0.284 e. The van der Waals surface area contributed by atoms with Gasteiger partial charge in [-0.05, 0) is 31.9 Å². The number of rotatable bonds is 5. The first-order chi connectivity index (χ1) is 10.0. The van der Waals surface area contributed by atoms with E-state index in [1.165, 1.54) is 11.9 Å². The maximum absolute atomic E-state index is 11.1. The Bertz CT molecular complexity index is 500. The lowest BCUT2D eigenvalue weighted by molar-refractivity contribution is -0.387. The molecule has 7 heteroatoms. The zero-order valence-corrected chi connectivity index (χ0v) is 13.1. The fourth-order valence-electron chi connectivity index (χ4n) is 2.55. The van der Waals surface area contributed by atoms with Gasteiger partial charge in [0.25, 0.3) is 5.69 Å². The predicted octanol–water partition coefficient (Wildman–Crippen LogP) is 1.99. The van der Waals surface area contributed by atoms with E-state index < -0.39 is 0 Å². The highest BCUT2D eigenvalue weighted by molar-refractivity contribution is 7.97. The summed E-state index contributed by atoms with van der Waals surface area (Å²) in [5.41, 5.74) is 0.153. The lowest BCUT2D eigenvalue weighted by Crippen LogP contribution is -2.54. The molecule has 0 aromatic heterocycles. The quantitative estimate of drug-likeness (QED) is 0.509. The molecule has 2 atom stereocenters. The highest BCUT2D eigenvalue weighted by Crippen LogP contribution is 2.34.